The van der Waals surface area contributed by atoms with Crippen molar-refractivity contribution in [1.82, 2.24) is 0 Å². The third-order valence-corrected chi connectivity index (χ3v) is 15.6. The Bertz CT molecular complexity index is 1610. The summed E-state index contributed by atoms with van der Waals surface area (Å²) in [6, 6.07) is 0. The third-order valence-electron chi connectivity index (χ3n) is 15.6. The van der Waals surface area contributed by atoms with Crippen LogP contribution in [0.4, 0.5) is 0 Å². The van der Waals surface area contributed by atoms with Crippen LogP contribution in [0.3, 0.4) is 0 Å². The summed E-state index contributed by atoms with van der Waals surface area (Å²) in [6.45, 7) is 6.52. The Kier molecular flexibility index (Phi) is 67.7. The predicted molar refractivity (Wildman–Crippen MR) is 362 cm³/mol. The van der Waals surface area contributed by atoms with Gasteiger partial charge in [-0.05, 0) is 96.3 Å². The van der Waals surface area contributed by atoms with Crippen LogP contribution < -0.4 is 0 Å². The van der Waals surface area contributed by atoms with Crippen molar-refractivity contribution in [2.45, 2.75) is 361 Å². The molecule has 6 heteroatoms. The fraction of sp³-hybridized carbons (Fsp3) is 0.753. The number of ether oxygens (including phenoxy) is 3. The van der Waals surface area contributed by atoms with Gasteiger partial charge in [-0.2, -0.15) is 0 Å². The molecule has 0 rings (SSSR count). The lowest BCUT2D eigenvalue weighted by atomic mass is 10.0. The molecule has 6 nitrogen and oxygen atoms in total. The van der Waals surface area contributed by atoms with Crippen LogP contribution in [0, 0.1) is 0 Å². The van der Waals surface area contributed by atoms with Crippen molar-refractivity contribution in [3.63, 3.8) is 0 Å². The molecule has 0 aliphatic heterocycles. The summed E-state index contributed by atoms with van der Waals surface area (Å²) in [5.41, 5.74) is 0. The quantitative estimate of drug-likeness (QED) is 0.0261. The Morgan fingerprint density at radius 1 is 0.253 bits per heavy atom. The molecule has 0 bridgehead atoms. The van der Waals surface area contributed by atoms with Crippen molar-refractivity contribution < 1.29 is 28.6 Å². The molecule has 0 saturated carbocycles. The Morgan fingerprint density at radius 2 is 0.482 bits per heavy atom. The summed E-state index contributed by atoms with van der Waals surface area (Å²) in [7, 11) is 0. The van der Waals surface area contributed by atoms with Crippen molar-refractivity contribution >= 4 is 17.9 Å². The first-order chi connectivity index (χ1) is 41.0. The molecular weight excluding hydrogens is 1020 g/mol. The molecule has 0 heterocycles. The molecule has 0 aromatic rings. The van der Waals surface area contributed by atoms with E-state index in [-0.39, 0.29) is 31.1 Å². The molecule has 0 aromatic carbocycles. The molecule has 0 aliphatic rings. The number of allylic oxidation sites excluding steroid dienone is 16. The van der Waals surface area contributed by atoms with E-state index >= 15 is 0 Å². The minimum atomic E-state index is -0.782. The van der Waals surface area contributed by atoms with Gasteiger partial charge >= 0.3 is 17.9 Å². The smallest absolute Gasteiger partial charge is 0.306 e. The molecule has 83 heavy (non-hydrogen) atoms. The zero-order chi connectivity index (χ0) is 59.9. The van der Waals surface area contributed by atoms with Gasteiger partial charge in [0.25, 0.3) is 0 Å². The van der Waals surface area contributed by atoms with E-state index in [2.05, 4.69) is 118 Å². The van der Waals surface area contributed by atoms with E-state index in [1.54, 1.807) is 0 Å². The molecule has 1 unspecified atom stereocenters. The van der Waals surface area contributed by atoms with Gasteiger partial charge in [0.1, 0.15) is 13.2 Å². The zero-order valence-electron chi connectivity index (χ0n) is 54.9. The summed E-state index contributed by atoms with van der Waals surface area (Å²) in [6.07, 6.45) is 95.8. The van der Waals surface area contributed by atoms with Gasteiger partial charge in [-0.25, -0.2) is 0 Å². The second-order valence-electron chi connectivity index (χ2n) is 23.8. The highest BCUT2D eigenvalue weighted by atomic mass is 16.6. The second-order valence-corrected chi connectivity index (χ2v) is 23.8. The normalized spacial score (nSPS) is 12.7. The first kappa shape index (κ1) is 79.3. The van der Waals surface area contributed by atoms with Gasteiger partial charge in [-0.15, -0.1) is 0 Å². The minimum Gasteiger partial charge on any atom is -0.462 e. The van der Waals surface area contributed by atoms with Crippen LogP contribution in [0.2, 0.25) is 0 Å². The molecule has 478 valence electrons. The number of hydrogen-bond donors (Lipinski definition) is 0. The lowest BCUT2D eigenvalue weighted by Crippen LogP contribution is -2.30. The van der Waals surface area contributed by atoms with Crippen molar-refractivity contribution in [2.75, 3.05) is 13.2 Å². The lowest BCUT2D eigenvalue weighted by molar-refractivity contribution is -0.167. The Morgan fingerprint density at radius 3 is 0.771 bits per heavy atom. The third kappa shape index (κ3) is 69.0. The van der Waals surface area contributed by atoms with E-state index < -0.39 is 6.10 Å². The van der Waals surface area contributed by atoms with E-state index in [0.29, 0.717) is 19.3 Å². The van der Waals surface area contributed by atoms with Crippen molar-refractivity contribution in [3.05, 3.63) is 97.2 Å². The molecule has 1 atom stereocenters. The number of carbonyl (C=O) groups is 3. The van der Waals surface area contributed by atoms with E-state index in [4.69, 9.17) is 14.2 Å². The highest BCUT2D eigenvalue weighted by Crippen LogP contribution is 2.18. The van der Waals surface area contributed by atoms with Crippen LogP contribution in [-0.2, 0) is 28.6 Å². The van der Waals surface area contributed by atoms with Gasteiger partial charge in [-0.3, -0.25) is 14.4 Å². The molecule has 0 radical (unpaired) electrons. The molecule has 0 saturated heterocycles. The summed E-state index contributed by atoms with van der Waals surface area (Å²) in [5, 5.41) is 0. The van der Waals surface area contributed by atoms with Crippen LogP contribution in [0.1, 0.15) is 355 Å². The highest BCUT2D eigenvalue weighted by molar-refractivity contribution is 5.71. The minimum absolute atomic E-state index is 0.0777. The summed E-state index contributed by atoms with van der Waals surface area (Å²) >= 11 is 0. The molecule has 0 N–H and O–H groups in total. The molecular formula is C77H134O6. The second kappa shape index (κ2) is 70.8. The first-order valence-corrected chi connectivity index (χ1v) is 35.7. The monoisotopic (exact) mass is 1160 g/mol. The number of rotatable bonds is 65. The molecule has 0 aromatic heterocycles. The van der Waals surface area contributed by atoms with Gasteiger partial charge in [0.2, 0.25) is 0 Å². The van der Waals surface area contributed by atoms with E-state index in [9.17, 15) is 14.4 Å². The standard InChI is InChI=1S/C77H134O6/c1-4-7-10-13-16-19-22-25-28-30-32-33-34-35-36-37-38-39-40-41-42-43-44-45-46-48-49-52-55-58-61-64-67-70-76(79)82-73-74(72-81-75(78)69-66-63-60-57-54-51-27-24-21-18-15-12-9-6-3)83-77(80)71-68-65-62-59-56-53-50-47-31-29-26-23-20-17-14-11-8-5-2/h7,10,15-16,18-19,24-25,27-28,32-33,35-36,38-39,74H,4-6,8-9,11-14,17,20-23,26,29-31,34,37,40-73H2,1-3H3/b10-7-,18-15-,19-16-,27-24-,28-25-,33-32-,36-35-,39-38-. The van der Waals surface area contributed by atoms with Crippen molar-refractivity contribution in [1.29, 1.82) is 0 Å². The van der Waals surface area contributed by atoms with E-state index in [1.165, 1.54) is 199 Å². The van der Waals surface area contributed by atoms with Gasteiger partial charge in [0.05, 0.1) is 0 Å². The first-order valence-electron chi connectivity index (χ1n) is 35.7. The summed E-state index contributed by atoms with van der Waals surface area (Å²) < 4.78 is 17.0. The maximum atomic E-state index is 12.9. The van der Waals surface area contributed by atoms with Crippen LogP contribution in [0.5, 0.6) is 0 Å². The molecule has 0 spiro atoms. The number of hydrogen-bond acceptors (Lipinski definition) is 6. The SMILES string of the molecule is CC/C=C\C/C=C\C/C=C\C/C=C\C/C=C\C/C=C\CCCCCCCCCCCCCCCCC(=O)OCC(COC(=O)CCCCCCC/C=C\C/C=C\CCCC)OC(=O)CCCCCCCCCCCCCCCCCCCC. The van der Waals surface area contributed by atoms with Gasteiger partial charge in [-0.1, -0.05) is 336 Å². The summed E-state index contributed by atoms with van der Waals surface area (Å²) in [4.78, 5) is 38.4. The Hall–Kier alpha value is -3.67. The zero-order valence-corrected chi connectivity index (χ0v) is 54.9. The topological polar surface area (TPSA) is 78.9 Å². The fourth-order valence-corrected chi connectivity index (χ4v) is 10.2. The Balaban J connectivity index is 4.21. The molecule has 0 aliphatic carbocycles. The number of unbranched alkanes of at least 4 members (excludes halogenated alkanes) is 38. The lowest BCUT2D eigenvalue weighted by Gasteiger charge is -2.18. The average Bonchev–Trinajstić information content (AvgIpc) is 3.49. The molecule has 0 amide bonds. The largest absolute Gasteiger partial charge is 0.462 e. The van der Waals surface area contributed by atoms with Crippen molar-refractivity contribution in [3.8, 4) is 0 Å². The molecule has 0 fully saturated rings. The van der Waals surface area contributed by atoms with Crippen molar-refractivity contribution in [2.24, 2.45) is 0 Å². The van der Waals surface area contributed by atoms with Gasteiger partial charge in [0, 0.05) is 19.3 Å². The van der Waals surface area contributed by atoms with Crippen LogP contribution >= 0.6 is 0 Å². The average molecular weight is 1160 g/mol. The van der Waals surface area contributed by atoms with Crippen LogP contribution in [0.15, 0.2) is 97.2 Å². The van der Waals surface area contributed by atoms with E-state index in [0.717, 1.165) is 116 Å². The number of carbonyl (C=O) groups excluding carboxylic acids is 3. The maximum absolute atomic E-state index is 12.9. The number of esters is 3. The van der Waals surface area contributed by atoms with Gasteiger partial charge < -0.3 is 14.2 Å². The van der Waals surface area contributed by atoms with Crippen LogP contribution in [0.25, 0.3) is 0 Å². The summed E-state index contributed by atoms with van der Waals surface area (Å²) in [5.74, 6) is -0.873. The highest BCUT2D eigenvalue weighted by Gasteiger charge is 2.19. The maximum Gasteiger partial charge on any atom is 0.306 e. The fourth-order valence-electron chi connectivity index (χ4n) is 10.2. The predicted octanol–water partition coefficient (Wildman–Crippen LogP) is 24.8. The Labute approximate surface area is 515 Å². The van der Waals surface area contributed by atoms with E-state index in [1.807, 2.05) is 0 Å². The van der Waals surface area contributed by atoms with Gasteiger partial charge in [0.15, 0.2) is 6.10 Å². The van der Waals surface area contributed by atoms with Crippen LogP contribution in [-0.4, -0.2) is 37.2 Å².